The number of carbonyl (C=O) groups is 1. The van der Waals surface area contributed by atoms with E-state index >= 15 is 0 Å². The molecule has 5 nitrogen and oxygen atoms in total. The molecule has 0 aromatic heterocycles. The van der Waals surface area contributed by atoms with Gasteiger partial charge in [0.2, 0.25) is 0 Å². The van der Waals surface area contributed by atoms with E-state index in [1.165, 1.54) is 17.1 Å². The molecule has 3 N–H and O–H groups in total. The SMILES string of the molecule is NN(c1cc(F)cc(F)c1)C1CN(C(c2ccccc2)c2ccc(C(=O)O)cc2)C1. The summed E-state index contributed by atoms with van der Waals surface area (Å²) in [5.41, 5.74) is 2.55. The van der Waals surface area contributed by atoms with Gasteiger partial charge in [-0.1, -0.05) is 42.5 Å². The first-order valence-corrected chi connectivity index (χ1v) is 9.54. The number of anilines is 1. The van der Waals surface area contributed by atoms with Crippen molar-refractivity contribution in [1.82, 2.24) is 4.90 Å². The lowest BCUT2D eigenvalue weighted by Crippen LogP contribution is -2.62. The predicted molar refractivity (Wildman–Crippen MR) is 110 cm³/mol. The summed E-state index contributed by atoms with van der Waals surface area (Å²) in [6, 6.07) is 19.8. The summed E-state index contributed by atoms with van der Waals surface area (Å²) < 4.78 is 27.1. The normalized spacial score (nSPS) is 15.4. The average molecular weight is 409 g/mol. The van der Waals surface area contributed by atoms with Gasteiger partial charge in [0.1, 0.15) is 11.6 Å². The molecule has 3 aromatic carbocycles. The van der Waals surface area contributed by atoms with Gasteiger partial charge in [0.05, 0.1) is 23.3 Å². The van der Waals surface area contributed by atoms with Crippen molar-refractivity contribution < 1.29 is 18.7 Å². The predicted octanol–water partition coefficient (Wildman–Crippen LogP) is 3.82. The van der Waals surface area contributed by atoms with Crippen LogP contribution in [0, 0.1) is 11.6 Å². The van der Waals surface area contributed by atoms with Crippen molar-refractivity contribution >= 4 is 11.7 Å². The minimum Gasteiger partial charge on any atom is -0.478 e. The van der Waals surface area contributed by atoms with E-state index in [1.807, 2.05) is 42.5 Å². The maximum absolute atomic E-state index is 13.5. The first-order valence-electron chi connectivity index (χ1n) is 9.54. The number of benzene rings is 3. The maximum Gasteiger partial charge on any atom is 0.335 e. The number of halogens is 2. The first-order chi connectivity index (χ1) is 14.4. The number of nitrogens with two attached hydrogens (primary N) is 1. The average Bonchev–Trinajstić information content (AvgIpc) is 2.70. The van der Waals surface area contributed by atoms with Gasteiger partial charge in [0.25, 0.3) is 0 Å². The molecule has 1 saturated heterocycles. The van der Waals surface area contributed by atoms with Gasteiger partial charge in [0.15, 0.2) is 0 Å². The molecular weight excluding hydrogens is 388 g/mol. The summed E-state index contributed by atoms with van der Waals surface area (Å²) in [5.74, 6) is 3.83. The van der Waals surface area contributed by atoms with Crippen LogP contribution >= 0.6 is 0 Å². The Labute approximate surface area is 172 Å². The fourth-order valence-electron chi connectivity index (χ4n) is 3.83. The second-order valence-electron chi connectivity index (χ2n) is 7.38. The van der Waals surface area contributed by atoms with Crippen LogP contribution in [0.1, 0.15) is 27.5 Å². The highest BCUT2D eigenvalue weighted by atomic mass is 19.1. The largest absolute Gasteiger partial charge is 0.478 e. The van der Waals surface area contributed by atoms with Crippen LogP contribution in [0.25, 0.3) is 0 Å². The molecule has 0 amide bonds. The number of rotatable bonds is 6. The zero-order valence-electron chi connectivity index (χ0n) is 16.1. The van der Waals surface area contributed by atoms with E-state index in [0.29, 0.717) is 18.8 Å². The van der Waals surface area contributed by atoms with Crippen LogP contribution in [0.3, 0.4) is 0 Å². The summed E-state index contributed by atoms with van der Waals surface area (Å²) in [6.45, 7) is 1.18. The Kier molecular flexibility index (Phi) is 5.48. The molecule has 3 aromatic rings. The molecule has 1 aliphatic rings. The Hall–Kier alpha value is -3.29. The van der Waals surface area contributed by atoms with Gasteiger partial charge in [0, 0.05) is 19.2 Å². The van der Waals surface area contributed by atoms with Gasteiger partial charge in [-0.2, -0.15) is 0 Å². The monoisotopic (exact) mass is 409 g/mol. The Balaban J connectivity index is 1.55. The molecule has 1 heterocycles. The van der Waals surface area contributed by atoms with E-state index in [-0.39, 0.29) is 17.6 Å². The highest BCUT2D eigenvalue weighted by molar-refractivity contribution is 5.87. The van der Waals surface area contributed by atoms with E-state index < -0.39 is 17.6 Å². The number of hydrazine groups is 1. The molecular formula is C23H21F2N3O2. The minimum atomic E-state index is -0.970. The number of hydrogen-bond donors (Lipinski definition) is 2. The number of likely N-dealkylation sites (tertiary alicyclic amines) is 1. The molecule has 1 atom stereocenters. The quantitative estimate of drug-likeness (QED) is 0.479. The zero-order chi connectivity index (χ0) is 21.3. The molecule has 0 bridgehead atoms. The smallest absolute Gasteiger partial charge is 0.335 e. The molecule has 4 rings (SSSR count). The maximum atomic E-state index is 13.5. The summed E-state index contributed by atoms with van der Waals surface area (Å²) in [6.07, 6.45) is 0. The molecule has 154 valence electrons. The van der Waals surface area contributed by atoms with Crippen molar-refractivity contribution in [1.29, 1.82) is 0 Å². The lowest BCUT2D eigenvalue weighted by Gasteiger charge is -2.48. The van der Waals surface area contributed by atoms with Crippen LogP contribution < -0.4 is 10.9 Å². The molecule has 1 aliphatic heterocycles. The topological polar surface area (TPSA) is 69.8 Å². The van der Waals surface area contributed by atoms with Crippen LogP contribution in [-0.2, 0) is 0 Å². The van der Waals surface area contributed by atoms with Gasteiger partial charge in [-0.05, 0) is 35.4 Å². The van der Waals surface area contributed by atoms with E-state index in [2.05, 4.69) is 4.90 Å². The molecule has 7 heteroatoms. The lowest BCUT2D eigenvalue weighted by atomic mass is 9.92. The molecule has 0 aliphatic carbocycles. The van der Waals surface area contributed by atoms with Gasteiger partial charge in [-0.3, -0.25) is 4.90 Å². The summed E-state index contributed by atoms with van der Waals surface area (Å²) in [5, 5.41) is 10.6. The van der Waals surface area contributed by atoms with Crippen molar-refractivity contribution in [3.8, 4) is 0 Å². The van der Waals surface area contributed by atoms with Crippen molar-refractivity contribution in [2.24, 2.45) is 5.84 Å². The Morgan fingerprint density at radius 2 is 1.53 bits per heavy atom. The third-order valence-corrected chi connectivity index (χ3v) is 5.38. The van der Waals surface area contributed by atoms with Crippen LogP contribution in [0.5, 0.6) is 0 Å². The highest BCUT2D eigenvalue weighted by Gasteiger charge is 2.37. The van der Waals surface area contributed by atoms with E-state index in [4.69, 9.17) is 10.9 Å². The Morgan fingerprint density at radius 3 is 2.10 bits per heavy atom. The number of hydrogen-bond acceptors (Lipinski definition) is 4. The van der Waals surface area contributed by atoms with Gasteiger partial charge in [-0.25, -0.2) is 19.4 Å². The molecule has 1 fully saturated rings. The third kappa shape index (κ3) is 4.03. The highest BCUT2D eigenvalue weighted by Crippen LogP contribution is 2.34. The third-order valence-electron chi connectivity index (χ3n) is 5.38. The Morgan fingerprint density at radius 1 is 0.967 bits per heavy atom. The van der Waals surface area contributed by atoms with E-state index in [0.717, 1.165) is 17.2 Å². The number of aromatic carboxylic acids is 1. The zero-order valence-corrected chi connectivity index (χ0v) is 16.1. The van der Waals surface area contributed by atoms with Crippen LogP contribution in [-0.4, -0.2) is 35.1 Å². The second-order valence-corrected chi connectivity index (χ2v) is 7.38. The van der Waals surface area contributed by atoms with Crippen LogP contribution in [0.15, 0.2) is 72.8 Å². The van der Waals surface area contributed by atoms with Crippen LogP contribution in [0.2, 0.25) is 0 Å². The van der Waals surface area contributed by atoms with Gasteiger partial charge < -0.3 is 10.1 Å². The first kappa shape index (κ1) is 20.0. The van der Waals surface area contributed by atoms with Crippen molar-refractivity contribution in [3.05, 3.63) is 101 Å². The number of carboxylic acid groups (broad SMARTS) is 1. The lowest BCUT2D eigenvalue weighted by molar-refractivity contribution is 0.0696. The van der Waals surface area contributed by atoms with E-state index in [1.54, 1.807) is 12.1 Å². The summed E-state index contributed by atoms with van der Waals surface area (Å²) in [4.78, 5) is 13.4. The molecule has 0 radical (unpaired) electrons. The molecule has 1 unspecified atom stereocenters. The van der Waals surface area contributed by atoms with Crippen molar-refractivity contribution in [2.75, 3.05) is 18.1 Å². The molecule has 0 saturated carbocycles. The number of nitrogens with zero attached hydrogens (tertiary/aromatic N) is 2. The minimum absolute atomic E-state index is 0.0806. The second kappa shape index (κ2) is 8.22. The fraction of sp³-hybridized carbons (Fsp3) is 0.174. The van der Waals surface area contributed by atoms with Crippen molar-refractivity contribution in [2.45, 2.75) is 12.1 Å². The van der Waals surface area contributed by atoms with Crippen LogP contribution in [0.4, 0.5) is 14.5 Å². The number of carboxylic acids is 1. The Bertz CT molecular complexity index is 1020. The summed E-state index contributed by atoms with van der Waals surface area (Å²) in [7, 11) is 0. The van der Waals surface area contributed by atoms with Crippen molar-refractivity contribution in [3.63, 3.8) is 0 Å². The van der Waals surface area contributed by atoms with Gasteiger partial charge in [-0.15, -0.1) is 0 Å². The van der Waals surface area contributed by atoms with Gasteiger partial charge >= 0.3 is 5.97 Å². The fourth-order valence-corrected chi connectivity index (χ4v) is 3.83. The summed E-state index contributed by atoms with van der Waals surface area (Å²) >= 11 is 0. The standard InChI is InChI=1S/C23H21F2N3O2/c24-18-10-19(25)12-20(11-18)28(26)21-13-27(14-21)22(15-4-2-1-3-5-15)16-6-8-17(9-7-16)23(29)30/h1-12,21-22H,13-14,26H2,(H,29,30). The van der Waals surface area contributed by atoms with E-state index in [9.17, 15) is 13.6 Å². The molecule has 0 spiro atoms. The molecule has 30 heavy (non-hydrogen) atoms.